The van der Waals surface area contributed by atoms with Crippen molar-refractivity contribution >= 4 is 17.5 Å². The average molecular weight is 327 g/mol. The van der Waals surface area contributed by atoms with E-state index >= 15 is 0 Å². The zero-order chi connectivity index (χ0) is 17.1. The predicted octanol–water partition coefficient (Wildman–Crippen LogP) is 0.483. The van der Waals surface area contributed by atoms with Gasteiger partial charge < -0.3 is 20.5 Å². The topological polar surface area (TPSA) is 81.6 Å². The molecule has 0 saturated carbocycles. The summed E-state index contributed by atoms with van der Waals surface area (Å²) in [6, 6.07) is 11.2. The number of benzene rings is 1. The number of hydrogen-bond acceptors (Lipinski definition) is 2. The van der Waals surface area contributed by atoms with Gasteiger partial charge in [0.15, 0.2) is 6.54 Å². The second kappa shape index (κ2) is 6.88. The summed E-state index contributed by atoms with van der Waals surface area (Å²) in [5, 5.41) is 2.90. The molecule has 4 N–H and O–H groups in total. The predicted molar refractivity (Wildman–Crippen MR) is 91.7 cm³/mol. The normalized spacial score (nSPS) is 20.0. The Morgan fingerprint density at radius 1 is 1.29 bits per heavy atom. The van der Waals surface area contributed by atoms with E-state index in [-0.39, 0.29) is 5.91 Å². The van der Waals surface area contributed by atoms with Gasteiger partial charge in [-0.25, -0.2) is 0 Å². The molecule has 1 aromatic heterocycles. The summed E-state index contributed by atoms with van der Waals surface area (Å²) < 4.78 is 2.14. The fraction of sp³-hybridized carbons (Fsp3) is 0.333. The van der Waals surface area contributed by atoms with Crippen molar-refractivity contribution in [1.82, 2.24) is 4.57 Å². The van der Waals surface area contributed by atoms with Crippen molar-refractivity contribution in [3.63, 3.8) is 0 Å². The Bertz CT molecular complexity index is 736. The highest BCUT2D eigenvalue weighted by molar-refractivity contribution is 5.95. The molecule has 0 bridgehead atoms. The first-order valence-corrected chi connectivity index (χ1v) is 8.20. The number of nitrogens with two attached hydrogens (primary N) is 1. The molecule has 2 heterocycles. The lowest BCUT2D eigenvalue weighted by Gasteiger charge is -2.21. The fourth-order valence-electron chi connectivity index (χ4n) is 3.45. The van der Waals surface area contributed by atoms with Crippen molar-refractivity contribution in [2.24, 2.45) is 12.8 Å². The summed E-state index contributed by atoms with van der Waals surface area (Å²) in [4.78, 5) is 24.7. The molecule has 126 valence electrons. The van der Waals surface area contributed by atoms with Crippen LogP contribution >= 0.6 is 0 Å². The number of quaternary nitrogens is 1. The molecular formula is C18H23N4O2+. The highest BCUT2D eigenvalue weighted by Crippen LogP contribution is 2.19. The largest absolute Gasteiger partial charge is 0.366 e. The van der Waals surface area contributed by atoms with Crippen LogP contribution in [0.1, 0.15) is 34.9 Å². The van der Waals surface area contributed by atoms with E-state index in [1.807, 2.05) is 19.3 Å². The lowest BCUT2D eigenvalue weighted by atomic mass is 10.1. The smallest absolute Gasteiger partial charge is 0.279 e. The molecule has 2 amide bonds. The number of rotatable bonds is 5. The first-order valence-electron chi connectivity index (χ1n) is 8.20. The van der Waals surface area contributed by atoms with Gasteiger partial charge in [-0.05, 0) is 36.4 Å². The molecule has 6 heteroatoms. The van der Waals surface area contributed by atoms with Gasteiger partial charge in [0.2, 0.25) is 5.91 Å². The monoisotopic (exact) mass is 327 g/mol. The summed E-state index contributed by atoms with van der Waals surface area (Å²) in [5.41, 5.74) is 7.61. The van der Waals surface area contributed by atoms with Gasteiger partial charge in [-0.2, -0.15) is 0 Å². The summed E-state index contributed by atoms with van der Waals surface area (Å²) in [6.45, 7) is 1.44. The van der Waals surface area contributed by atoms with Gasteiger partial charge in [0.1, 0.15) is 6.04 Å². The van der Waals surface area contributed by atoms with Crippen LogP contribution in [0.5, 0.6) is 0 Å². The van der Waals surface area contributed by atoms with Gasteiger partial charge in [-0.1, -0.05) is 0 Å². The Balaban J connectivity index is 1.62. The molecule has 24 heavy (non-hydrogen) atoms. The lowest BCUT2D eigenvalue weighted by Crippen LogP contribution is -3.11. The SMILES string of the molecule is Cn1cccc1[C@H]1CCC[NH+]1CC(=O)Nc1ccc(C(N)=O)cc1. The standard InChI is InChI=1S/C18H22N4O2/c1-21-10-2-4-15(21)16-5-3-11-22(16)12-17(23)20-14-8-6-13(7-9-14)18(19)24/h2,4,6-10,16H,3,5,11-12H2,1H3,(H2,19,24)(H,20,23)/p+1/t16-/m1/s1. The summed E-state index contributed by atoms with van der Waals surface area (Å²) >= 11 is 0. The quantitative estimate of drug-likeness (QED) is 0.747. The van der Waals surface area contributed by atoms with E-state index in [1.54, 1.807) is 24.3 Å². The Morgan fingerprint density at radius 2 is 2.04 bits per heavy atom. The van der Waals surface area contributed by atoms with Gasteiger partial charge in [0.25, 0.3) is 5.91 Å². The van der Waals surface area contributed by atoms with Crippen molar-refractivity contribution in [1.29, 1.82) is 0 Å². The van der Waals surface area contributed by atoms with Crippen LogP contribution < -0.4 is 16.0 Å². The zero-order valence-electron chi connectivity index (χ0n) is 13.8. The molecule has 1 aromatic carbocycles. The Morgan fingerprint density at radius 3 is 2.67 bits per heavy atom. The van der Waals surface area contributed by atoms with Crippen LogP contribution in [0.2, 0.25) is 0 Å². The van der Waals surface area contributed by atoms with E-state index in [9.17, 15) is 9.59 Å². The number of nitrogens with one attached hydrogen (secondary N) is 2. The van der Waals surface area contributed by atoms with Crippen LogP contribution in [0.4, 0.5) is 5.69 Å². The van der Waals surface area contributed by atoms with Crippen LogP contribution in [0.15, 0.2) is 42.6 Å². The number of aromatic nitrogens is 1. The van der Waals surface area contributed by atoms with Gasteiger partial charge in [-0.15, -0.1) is 0 Å². The maximum absolute atomic E-state index is 12.4. The molecule has 0 radical (unpaired) electrons. The van der Waals surface area contributed by atoms with Crippen molar-refractivity contribution in [3.8, 4) is 0 Å². The molecule has 1 aliphatic heterocycles. The maximum Gasteiger partial charge on any atom is 0.279 e. The number of aryl methyl sites for hydroxylation is 1. The number of carbonyl (C=O) groups is 2. The second-order valence-corrected chi connectivity index (χ2v) is 6.31. The molecule has 0 aliphatic carbocycles. The molecule has 0 spiro atoms. The Kier molecular flexibility index (Phi) is 4.66. The van der Waals surface area contributed by atoms with E-state index in [0.717, 1.165) is 19.4 Å². The van der Waals surface area contributed by atoms with Gasteiger partial charge >= 0.3 is 0 Å². The third-order valence-corrected chi connectivity index (χ3v) is 4.67. The highest BCUT2D eigenvalue weighted by Gasteiger charge is 2.32. The van der Waals surface area contributed by atoms with E-state index in [0.29, 0.717) is 23.8 Å². The number of anilines is 1. The number of amides is 2. The first-order chi connectivity index (χ1) is 11.5. The maximum atomic E-state index is 12.4. The molecular weight excluding hydrogens is 304 g/mol. The van der Waals surface area contributed by atoms with Crippen molar-refractivity contribution in [3.05, 3.63) is 53.9 Å². The number of nitrogens with zero attached hydrogens (tertiary/aromatic N) is 1. The van der Waals surface area contributed by atoms with Crippen molar-refractivity contribution in [2.45, 2.75) is 18.9 Å². The fourth-order valence-corrected chi connectivity index (χ4v) is 3.45. The second-order valence-electron chi connectivity index (χ2n) is 6.31. The van der Waals surface area contributed by atoms with Crippen LogP contribution in [0.25, 0.3) is 0 Å². The number of carbonyl (C=O) groups excluding carboxylic acids is 2. The Labute approximate surface area is 141 Å². The summed E-state index contributed by atoms with van der Waals surface area (Å²) in [7, 11) is 2.05. The van der Waals surface area contributed by atoms with Gasteiger partial charge in [0, 0.05) is 37.3 Å². The van der Waals surface area contributed by atoms with E-state index in [1.165, 1.54) is 10.6 Å². The number of primary amides is 1. The average Bonchev–Trinajstić information content (AvgIpc) is 3.16. The third-order valence-electron chi connectivity index (χ3n) is 4.67. The van der Waals surface area contributed by atoms with Gasteiger partial charge in [-0.3, -0.25) is 9.59 Å². The summed E-state index contributed by atoms with van der Waals surface area (Å²) in [5.74, 6) is -0.488. The minimum absolute atomic E-state index is 0.0158. The van der Waals surface area contributed by atoms with E-state index in [4.69, 9.17) is 5.73 Å². The van der Waals surface area contributed by atoms with Crippen LogP contribution in [0, 0.1) is 0 Å². The molecule has 2 atom stereocenters. The molecule has 2 aromatic rings. The molecule has 3 rings (SSSR count). The molecule has 1 unspecified atom stereocenters. The molecule has 1 aliphatic rings. The molecule has 1 fully saturated rings. The van der Waals surface area contributed by atoms with Crippen molar-refractivity contribution < 1.29 is 14.5 Å². The summed E-state index contributed by atoms with van der Waals surface area (Å²) in [6.07, 6.45) is 4.28. The van der Waals surface area contributed by atoms with E-state index < -0.39 is 5.91 Å². The first kappa shape index (κ1) is 16.3. The highest BCUT2D eigenvalue weighted by atomic mass is 16.2. The lowest BCUT2D eigenvalue weighted by molar-refractivity contribution is -0.910. The van der Waals surface area contributed by atoms with Crippen LogP contribution in [-0.4, -0.2) is 29.5 Å². The minimum atomic E-state index is -0.472. The zero-order valence-corrected chi connectivity index (χ0v) is 13.8. The molecule has 1 saturated heterocycles. The minimum Gasteiger partial charge on any atom is -0.366 e. The van der Waals surface area contributed by atoms with Crippen molar-refractivity contribution in [2.75, 3.05) is 18.4 Å². The van der Waals surface area contributed by atoms with Gasteiger partial charge in [0.05, 0.1) is 12.2 Å². The molecule has 6 nitrogen and oxygen atoms in total. The van der Waals surface area contributed by atoms with E-state index in [2.05, 4.69) is 16.0 Å². The third kappa shape index (κ3) is 3.49. The van der Waals surface area contributed by atoms with Crippen LogP contribution in [-0.2, 0) is 11.8 Å². The number of likely N-dealkylation sites (tertiary alicyclic amines) is 1. The Hall–Kier alpha value is -2.60. The number of hydrogen-bond donors (Lipinski definition) is 3. The van der Waals surface area contributed by atoms with Crippen LogP contribution in [0.3, 0.4) is 0 Å².